The number of rotatable bonds is 3. The molecule has 0 aromatic heterocycles. The van der Waals surface area contributed by atoms with Crippen molar-refractivity contribution < 1.29 is 22.8 Å². The normalized spacial score (nSPS) is 15.9. The van der Waals surface area contributed by atoms with Crippen LogP contribution in [0.25, 0.3) is 0 Å². The molecule has 0 aliphatic heterocycles. The molecule has 0 aromatic rings. The van der Waals surface area contributed by atoms with Crippen molar-refractivity contribution >= 4 is 34.1 Å². The highest BCUT2D eigenvalue weighted by atomic mass is 79.9. The summed E-state index contributed by atoms with van der Waals surface area (Å²) in [4.78, 5) is 8.08. The van der Waals surface area contributed by atoms with Crippen molar-refractivity contribution in [2.75, 3.05) is 5.33 Å². The first-order valence-electron chi connectivity index (χ1n) is 2.94. The quantitative estimate of drug-likeness (QED) is 0.640. The van der Waals surface area contributed by atoms with Gasteiger partial charge in [-0.1, -0.05) is 29.8 Å². The molecule has 0 aliphatic carbocycles. The molecule has 1 atom stereocenters. The van der Waals surface area contributed by atoms with Crippen molar-refractivity contribution in [3.8, 4) is 0 Å². The van der Waals surface area contributed by atoms with Crippen molar-refractivity contribution in [3.05, 3.63) is 0 Å². The van der Waals surface area contributed by atoms with Gasteiger partial charge in [0.1, 0.15) is 0 Å². The Bertz CT molecular complexity index is 162. The van der Waals surface area contributed by atoms with Gasteiger partial charge in [0.2, 0.25) is 0 Å². The van der Waals surface area contributed by atoms with E-state index in [1.54, 1.807) is 0 Å². The van der Waals surface area contributed by atoms with Crippen LogP contribution in [0.1, 0.15) is 13.8 Å². The second kappa shape index (κ2) is 6.27. The van der Waals surface area contributed by atoms with Crippen LogP contribution >= 0.6 is 34.1 Å². The van der Waals surface area contributed by atoms with Crippen molar-refractivity contribution in [2.45, 2.75) is 20.0 Å². The standard InChI is InChI=1S/C2H3BrClF2O3P.C2H6/c3-1-2(5,6)9-10(4,7)8;1-2/h1H2,(H,7,8);1-2H3. The van der Waals surface area contributed by atoms with E-state index < -0.39 is 18.4 Å². The largest absolute Gasteiger partial charge is 0.426 e. The molecule has 0 spiro atoms. The predicted molar refractivity (Wildman–Crippen MR) is 46.9 cm³/mol. The van der Waals surface area contributed by atoms with E-state index >= 15 is 0 Å². The van der Waals surface area contributed by atoms with E-state index in [0.29, 0.717) is 0 Å². The molecule has 0 saturated heterocycles. The average Bonchev–Trinajstić information content (AvgIpc) is 1.88. The molecule has 0 rings (SSSR count). The highest BCUT2D eigenvalue weighted by Crippen LogP contribution is 2.52. The van der Waals surface area contributed by atoms with Crippen LogP contribution in [0.4, 0.5) is 8.78 Å². The van der Waals surface area contributed by atoms with Crippen molar-refractivity contribution in [3.63, 3.8) is 0 Å². The summed E-state index contributed by atoms with van der Waals surface area (Å²) in [7, 11) is 0. The Labute approximate surface area is 82.5 Å². The first-order valence-corrected chi connectivity index (χ1v) is 6.54. The minimum absolute atomic E-state index is 0.878. The predicted octanol–water partition coefficient (Wildman–Crippen LogP) is 3.36. The molecule has 0 fully saturated rings. The van der Waals surface area contributed by atoms with Crippen molar-refractivity contribution in [2.24, 2.45) is 0 Å². The maximum Gasteiger partial charge on any atom is 0.426 e. The van der Waals surface area contributed by atoms with Crippen LogP contribution in [0.3, 0.4) is 0 Å². The Hall–Kier alpha value is 0.780. The Morgan fingerprint density at radius 1 is 1.67 bits per heavy atom. The van der Waals surface area contributed by atoms with Crippen LogP contribution in [0.15, 0.2) is 0 Å². The fourth-order valence-electron chi connectivity index (χ4n) is 0.189. The Kier molecular flexibility index (Phi) is 7.97. The van der Waals surface area contributed by atoms with E-state index in [9.17, 15) is 13.3 Å². The van der Waals surface area contributed by atoms with Gasteiger partial charge >= 0.3 is 13.1 Å². The summed E-state index contributed by atoms with van der Waals surface area (Å²) >= 11 is 6.84. The number of halogens is 4. The smallest absolute Gasteiger partial charge is 0.312 e. The summed E-state index contributed by atoms with van der Waals surface area (Å²) in [5.41, 5.74) is 0. The van der Waals surface area contributed by atoms with E-state index in [0.717, 1.165) is 0 Å². The van der Waals surface area contributed by atoms with Gasteiger partial charge in [-0.25, -0.2) is 9.09 Å². The molecule has 1 N–H and O–H groups in total. The zero-order chi connectivity index (χ0) is 10.4. The molecule has 0 heterocycles. The van der Waals surface area contributed by atoms with Crippen LogP contribution in [0.2, 0.25) is 0 Å². The maximum atomic E-state index is 12.0. The van der Waals surface area contributed by atoms with E-state index in [1.165, 1.54) is 0 Å². The molecule has 8 heteroatoms. The molecule has 0 amide bonds. The summed E-state index contributed by atoms with van der Waals surface area (Å²) in [5.74, 6) is 0. The fourth-order valence-corrected chi connectivity index (χ4v) is 1.18. The second-order valence-corrected chi connectivity index (χ2v) is 4.24. The van der Waals surface area contributed by atoms with E-state index in [1.807, 2.05) is 13.8 Å². The molecule has 0 radical (unpaired) electrons. The minimum Gasteiger partial charge on any atom is -0.312 e. The Morgan fingerprint density at radius 3 is 2.08 bits per heavy atom. The number of hydrogen-bond donors (Lipinski definition) is 1. The monoisotopic (exact) mass is 288 g/mol. The molecule has 3 nitrogen and oxygen atoms in total. The molecule has 0 aliphatic rings. The fraction of sp³-hybridized carbons (Fsp3) is 1.00. The van der Waals surface area contributed by atoms with Gasteiger partial charge in [0.05, 0.1) is 5.33 Å². The molecular formula is C4H9BrClF2O3P. The summed E-state index contributed by atoms with van der Waals surface area (Å²) in [6.07, 6.45) is -3.70. The summed E-state index contributed by atoms with van der Waals surface area (Å²) in [6.45, 7) is -0.612. The van der Waals surface area contributed by atoms with Crippen LogP contribution in [0.5, 0.6) is 0 Å². The van der Waals surface area contributed by atoms with Crippen LogP contribution in [-0.2, 0) is 9.09 Å². The van der Waals surface area contributed by atoms with E-state index in [-0.39, 0.29) is 0 Å². The van der Waals surface area contributed by atoms with Gasteiger partial charge in [0.25, 0.3) is 0 Å². The Balaban J connectivity index is 0. The summed E-state index contributed by atoms with van der Waals surface area (Å²) < 4.78 is 37.2. The third kappa shape index (κ3) is 10.8. The van der Waals surface area contributed by atoms with Gasteiger partial charge in [0.15, 0.2) is 0 Å². The molecule has 76 valence electrons. The topological polar surface area (TPSA) is 46.5 Å². The van der Waals surface area contributed by atoms with Gasteiger partial charge in [-0.15, -0.1) is 0 Å². The number of hydrogen-bond acceptors (Lipinski definition) is 2. The van der Waals surface area contributed by atoms with Crippen LogP contribution < -0.4 is 0 Å². The first-order chi connectivity index (χ1) is 5.27. The lowest BCUT2D eigenvalue weighted by atomic mass is 10.8. The average molecular weight is 289 g/mol. The first kappa shape index (κ1) is 15.3. The van der Waals surface area contributed by atoms with Crippen LogP contribution in [0, 0.1) is 0 Å². The van der Waals surface area contributed by atoms with Crippen molar-refractivity contribution in [1.29, 1.82) is 0 Å². The molecule has 0 aromatic carbocycles. The molecular weight excluding hydrogens is 280 g/mol. The maximum absolute atomic E-state index is 12.0. The van der Waals surface area contributed by atoms with Gasteiger partial charge in [-0.3, -0.25) is 0 Å². The second-order valence-electron chi connectivity index (χ2n) is 1.31. The molecule has 0 bridgehead atoms. The van der Waals surface area contributed by atoms with Crippen molar-refractivity contribution in [1.82, 2.24) is 0 Å². The highest BCUT2D eigenvalue weighted by molar-refractivity contribution is 9.09. The third-order valence-electron chi connectivity index (χ3n) is 0.402. The zero-order valence-electron chi connectivity index (χ0n) is 6.43. The summed E-state index contributed by atoms with van der Waals surface area (Å²) in [5, 5.41) is -0.878. The van der Waals surface area contributed by atoms with E-state index in [4.69, 9.17) is 4.89 Å². The molecule has 12 heavy (non-hydrogen) atoms. The number of alkyl halides is 3. The highest BCUT2D eigenvalue weighted by Gasteiger charge is 2.36. The lowest BCUT2D eigenvalue weighted by Crippen LogP contribution is -2.19. The lowest BCUT2D eigenvalue weighted by Gasteiger charge is -2.13. The Morgan fingerprint density at radius 2 is 2.00 bits per heavy atom. The van der Waals surface area contributed by atoms with Crippen LogP contribution in [-0.4, -0.2) is 16.3 Å². The van der Waals surface area contributed by atoms with E-state index in [2.05, 4.69) is 31.7 Å². The van der Waals surface area contributed by atoms with Gasteiger partial charge in [0, 0.05) is 11.2 Å². The molecule has 0 saturated carbocycles. The van der Waals surface area contributed by atoms with Gasteiger partial charge in [-0.05, 0) is 0 Å². The van der Waals surface area contributed by atoms with Gasteiger partial charge in [-0.2, -0.15) is 8.78 Å². The third-order valence-corrected chi connectivity index (χ3v) is 1.75. The zero-order valence-corrected chi connectivity index (χ0v) is 9.67. The lowest BCUT2D eigenvalue weighted by molar-refractivity contribution is -0.155. The SMILES string of the molecule is CC.O=P(O)(Cl)OC(F)(F)CBr. The molecule has 1 unspecified atom stereocenters. The van der Waals surface area contributed by atoms with Gasteiger partial charge < -0.3 is 4.89 Å². The minimum atomic E-state index is -4.61. The summed E-state index contributed by atoms with van der Waals surface area (Å²) in [6, 6.07) is 0.